The van der Waals surface area contributed by atoms with Crippen LogP contribution >= 0.6 is 0 Å². The number of pyridine rings is 1. The quantitative estimate of drug-likeness (QED) is 0.637. The molecule has 1 aromatic heterocycles. The van der Waals surface area contributed by atoms with Crippen LogP contribution in [0.5, 0.6) is 0 Å². The lowest BCUT2D eigenvalue weighted by Gasteiger charge is -2.37. The van der Waals surface area contributed by atoms with Gasteiger partial charge in [0.15, 0.2) is 0 Å². The SMILES string of the molecule is C[C@@H]1CN(c2ccc(N[C@H](C)C(=O)Nc3cccc4ncccc34)cc2F)C[C@@H](C)O1. The van der Waals surface area contributed by atoms with Crippen molar-refractivity contribution in [2.24, 2.45) is 0 Å². The van der Waals surface area contributed by atoms with Crippen LogP contribution in [0, 0.1) is 5.82 Å². The molecule has 3 aromatic rings. The molecule has 2 heterocycles. The fraction of sp³-hybridized carbons (Fsp3) is 0.333. The van der Waals surface area contributed by atoms with E-state index in [-0.39, 0.29) is 23.9 Å². The first kappa shape index (κ1) is 21.1. The third kappa shape index (κ3) is 4.77. The highest BCUT2D eigenvalue weighted by Crippen LogP contribution is 2.27. The second kappa shape index (κ2) is 8.89. The molecule has 2 aromatic carbocycles. The van der Waals surface area contributed by atoms with E-state index in [9.17, 15) is 9.18 Å². The minimum absolute atomic E-state index is 0.0499. The Labute approximate surface area is 181 Å². The van der Waals surface area contributed by atoms with Crippen LogP contribution in [0.2, 0.25) is 0 Å². The number of halogens is 1. The van der Waals surface area contributed by atoms with Gasteiger partial charge in [0, 0.05) is 30.4 Å². The number of morpholine rings is 1. The third-order valence-electron chi connectivity index (χ3n) is 5.39. The molecule has 0 unspecified atom stereocenters. The molecule has 7 heteroatoms. The third-order valence-corrected chi connectivity index (χ3v) is 5.39. The number of benzene rings is 2. The predicted molar refractivity (Wildman–Crippen MR) is 122 cm³/mol. The second-order valence-electron chi connectivity index (χ2n) is 8.06. The number of hydrogen-bond acceptors (Lipinski definition) is 5. The van der Waals surface area contributed by atoms with Crippen molar-refractivity contribution < 1.29 is 13.9 Å². The van der Waals surface area contributed by atoms with Crippen LogP contribution in [0.15, 0.2) is 54.7 Å². The average Bonchev–Trinajstić information content (AvgIpc) is 2.73. The van der Waals surface area contributed by atoms with E-state index in [2.05, 4.69) is 15.6 Å². The molecule has 0 aliphatic carbocycles. The summed E-state index contributed by atoms with van der Waals surface area (Å²) in [6.07, 6.45) is 1.82. The monoisotopic (exact) mass is 422 g/mol. The van der Waals surface area contributed by atoms with Gasteiger partial charge in [0.2, 0.25) is 5.91 Å². The maximum atomic E-state index is 14.8. The maximum Gasteiger partial charge on any atom is 0.246 e. The lowest BCUT2D eigenvalue weighted by atomic mass is 10.1. The number of nitrogens with one attached hydrogen (secondary N) is 2. The summed E-state index contributed by atoms with van der Waals surface area (Å²) in [4.78, 5) is 19.0. The molecular weight excluding hydrogens is 395 g/mol. The van der Waals surface area contributed by atoms with Crippen molar-refractivity contribution in [3.05, 3.63) is 60.5 Å². The van der Waals surface area contributed by atoms with E-state index in [1.807, 2.05) is 49.1 Å². The summed E-state index contributed by atoms with van der Waals surface area (Å²) in [7, 11) is 0. The van der Waals surface area contributed by atoms with Crippen molar-refractivity contribution in [2.45, 2.75) is 39.0 Å². The van der Waals surface area contributed by atoms with E-state index in [1.165, 1.54) is 6.07 Å². The van der Waals surface area contributed by atoms with Crippen molar-refractivity contribution in [1.82, 2.24) is 4.98 Å². The Morgan fingerprint density at radius 1 is 1.16 bits per heavy atom. The number of nitrogens with zero attached hydrogens (tertiary/aromatic N) is 2. The molecule has 4 rings (SSSR count). The largest absolute Gasteiger partial charge is 0.374 e. The van der Waals surface area contributed by atoms with Crippen LogP contribution in [0.25, 0.3) is 10.9 Å². The van der Waals surface area contributed by atoms with Gasteiger partial charge in [-0.05, 0) is 63.2 Å². The van der Waals surface area contributed by atoms with Gasteiger partial charge in [0.05, 0.1) is 29.1 Å². The molecule has 1 amide bonds. The van der Waals surface area contributed by atoms with E-state index in [1.54, 1.807) is 25.3 Å². The summed E-state index contributed by atoms with van der Waals surface area (Å²) < 4.78 is 20.6. The first-order valence-corrected chi connectivity index (χ1v) is 10.5. The van der Waals surface area contributed by atoms with Crippen LogP contribution in [0.4, 0.5) is 21.5 Å². The molecule has 1 aliphatic heterocycles. The molecular formula is C24H27FN4O2. The van der Waals surface area contributed by atoms with Gasteiger partial charge in [-0.3, -0.25) is 9.78 Å². The van der Waals surface area contributed by atoms with E-state index in [4.69, 9.17) is 4.74 Å². The second-order valence-corrected chi connectivity index (χ2v) is 8.06. The fourth-order valence-corrected chi connectivity index (χ4v) is 4.00. The number of carbonyl (C=O) groups excluding carboxylic acids is 1. The lowest BCUT2D eigenvalue weighted by Crippen LogP contribution is -2.45. The molecule has 0 radical (unpaired) electrons. The summed E-state index contributed by atoms with van der Waals surface area (Å²) in [5.41, 5.74) is 2.61. The van der Waals surface area contributed by atoms with Crippen molar-refractivity contribution in [3.8, 4) is 0 Å². The number of anilines is 3. The minimum Gasteiger partial charge on any atom is -0.374 e. The van der Waals surface area contributed by atoms with E-state index in [0.29, 0.717) is 30.2 Å². The standard InChI is InChI=1S/C24H27FN4O2/c1-15-13-29(14-16(2)31-15)23-10-9-18(12-20(23)25)27-17(3)24(30)28-22-8-4-7-21-19(22)6-5-11-26-21/h4-12,15-17,27H,13-14H2,1-3H3,(H,28,30)/t15-,16-,17-/m1/s1. The number of amides is 1. The van der Waals surface area contributed by atoms with Gasteiger partial charge in [0.1, 0.15) is 11.9 Å². The van der Waals surface area contributed by atoms with Gasteiger partial charge in [0.25, 0.3) is 0 Å². The van der Waals surface area contributed by atoms with Gasteiger partial charge in [-0.15, -0.1) is 0 Å². The first-order valence-electron chi connectivity index (χ1n) is 10.5. The zero-order valence-electron chi connectivity index (χ0n) is 17.9. The summed E-state index contributed by atoms with van der Waals surface area (Å²) in [5.74, 6) is -0.532. The van der Waals surface area contributed by atoms with Crippen molar-refractivity contribution in [1.29, 1.82) is 0 Å². The molecule has 0 spiro atoms. The van der Waals surface area contributed by atoms with Crippen LogP contribution < -0.4 is 15.5 Å². The highest BCUT2D eigenvalue weighted by atomic mass is 19.1. The molecule has 0 bridgehead atoms. The van der Waals surface area contributed by atoms with Crippen molar-refractivity contribution >= 4 is 33.9 Å². The highest BCUT2D eigenvalue weighted by molar-refractivity contribution is 6.03. The Bertz CT molecular complexity index is 1070. The fourth-order valence-electron chi connectivity index (χ4n) is 4.00. The smallest absolute Gasteiger partial charge is 0.246 e. The molecule has 2 N–H and O–H groups in total. The topological polar surface area (TPSA) is 66.5 Å². The molecule has 3 atom stereocenters. The molecule has 1 fully saturated rings. The van der Waals surface area contributed by atoms with E-state index >= 15 is 0 Å². The molecule has 162 valence electrons. The number of hydrogen-bond donors (Lipinski definition) is 2. The number of carbonyl (C=O) groups is 1. The Morgan fingerprint density at radius 2 is 1.94 bits per heavy atom. The molecule has 0 saturated carbocycles. The van der Waals surface area contributed by atoms with Gasteiger partial charge >= 0.3 is 0 Å². The summed E-state index contributed by atoms with van der Waals surface area (Å²) in [5, 5.41) is 6.89. The van der Waals surface area contributed by atoms with Crippen LogP contribution in [-0.4, -0.2) is 42.2 Å². The van der Waals surface area contributed by atoms with Crippen LogP contribution in [0.1, 0.15) is 20.8 Å². The molecule has 6 nitrogen and oxygen atoms in total. The van der Waals surface area contributed by atoms with Crippen molar-refractivity contribution in [3.63, 3.8) is 0 Å². The minimum atomic E-state index is -0.555. The number of rotatable bonds is 5. The predicted octanol–water partition coefficient (Wildman–Crippen LogP) is 4.43. The Balaban J connectivity index is 1.44. The molecule has 1 saturated heterocycles. The summed E-state index contributed by atoms with van der Waals surface area (Å²) >= 11 is 0. The van der Waals surface area contributed by atoms with Crippen molar-refractivity contribution in [2.75, 3.05) is 28.6 Å². The Morgan fingerprint density at radius 3 is 2.68 bits per heavy atom. The highest BCUT2D eigenvalue weighted by Gasteiger charge is 2.24. The van der Waals surface area contributed by atoms with E-state index < -0.39 is 6.04 Å². The first-order chi connectivity index (χ1) is 14.9. The van der Waals surface area contributed by atoms with E-state index in [0.717, 1.165) is 10.9 Å². The van der Waals surface area contributed by atoms with Gasteiger partial charge < -0.3 is 20.3 Å². The van der Waals surface area contributed by atoms with Gasteiger partial charge in [-0.25, -0.2) is 4.39 Å². The van der Waals surface area contributed by atoms with Crippen LogP contribution in [-0.2, 0) is 9.53 Å². The Hall–Kier alpha value is -3.19. The zero-order chi connectivity index (χ0) is 22.0. The van der Waals surface area contributed by atoms with Crippen LogP contribution in [0.3, 0.4) is 0 Å². The lowest BCUT2D eigenvalue weighted by molar-refractivity contribution is -0.116. The molecule has 1 aliphatic rings. The number of fused-ring (bicyclic) bond motifs is 1. The Kier molecular flexibility index (Phi) is 6.04. The molecule has 31 heavy (non-hydrogen) atoms. The maximum absolute atomic E-state index is 14.8. The van der Waals surface area contributed by atoms with Gasteiger partial charge in [-0.1, -0.05) is 6.07 Å². The average molecular weight is 423 g/mol. The summed E-state index contributed by atoms with van der Waals surface area (Å²) in [6, 6.07) is 13.8. The normalized spacial score (nSPS) is 19.8. The zero-order valence-corrected chi connectivity index (χ0v) is 17.9. The summed E-state index contributed by atoms with van der Waals surface area (Å²) in [6.45, 7) is 7.01. The van der Waals surface area contributed by atoms with Gasteiger partial charge in [-0.2, -0.15) is 0 Å². The number of ether oxygens (including phenoxy) is 1. The number of aromatic nitrogens is 1.